The van der Waals surface area contributed by atoms with E-state index in [0.717, 1.165) is 11.8 Å². The summed E-state index contributed by atoms with van der Waals surface area (Å²) in [6.07, 6.45) is 5.24. The molecule has 2 N–H and O–H groups in total. The van der Waals surface area contributed by atoms with Gasteiger partial charge in [0.25, 0.3) is 0 Å². The van der Waals surface area contributed by atoms with Crippen LogP contribution < -0.4 is 5.73 Å². The zero-order valence-corrected chi connectivity index (χ0v) is 9.44. The summed E-state index contributed by atoms with van der Waals surface area (Å²) < 4.78 is 0. The van der Waals surface area contributed by atoms with Crippen LogP contribution in [-0.2, 0) is 6.42 Å². The van der Waals surface area contributed by atoms with Crippen molar-refractivity contribution in [1.29, 1.82) is 0 Å². The molecule has 0 bridgehead atoms. The number of nitrogens with two attached hydrogens (primary N) is 1. The van der Waals surface area contributed by atoms with Crippen LogP contribution in [0, 0.1) is 5.92 Å². The third-order valence-electron chi connectivity index (χ3n) is 3.52. The first kappa shape index (κ1) is 8.93. The minimum absolute atomic E-state index is 0.329. The standard InChI is InChI=1S/C12H17NS/c1-7-4-10(13)12-9(8-2-3-8)6-14-11(12)5-7/h6-8,10H,2-5,13H2,1H3. The second-order valence-electron chi connectivity index (χ2n) is 4.95. The van der Waals surface area contributed by atoms with Crippen LogP contribution in [0.3, 0.4) is 0 Å². The molecular weight excluding hydrogens is 190 g/mol. The molecule has 1 aromatic rings. The molecule has 14 heavy (non-hydrogen) atoms. The summed E-state index contributed by atoms with van der Waals surface area (Å²) in [6.45, 7) is 2.32. The van der Waals surface area contributed by atoms with Gasteiger partial charge in [0.1, 0.15) is 0 Å². The Kier molecular flexibility index (Phi) is 1.96. The fraction of sp³-hybridized carbons (Fsp3) is 0.667. The molecule has 0 spiro atoms. The molecule has 3 rings (SSSR count). The van der Waals surface area contributed by atoms with E-state index in [2.05, 4.69) is 12.3 Å². The molecule has 1 nitrogen and oxygen atoms in total. The van der Waals surface area contributed by atoms with Crippen LogP contribution in [0.5, 0.6) is 0 Å². The molecular formula is C12H17NS. The highest BCUT2D eigenvalue weighted by molar-refractivity contribution is 7.10. The van der Waals surface area contributed by atoms with E-state index in [4.69, 9.17) is 5.73 Å². The van der Waals surface area contributed by atoms with E-state index in [-0.39, 0.29) is 0 Å². The molecule has 2 atom stereocenters. The summed E-state index contributed by atoms with van der Waals surface area (Å²) in [5.74, 6) is 1.65. The van der Waals surface area contributed by atoms with Crippen molar-refractivity contribution in [2.45, 2.75) is 44.6 Å². The summed E-state index contributed by atoms with van der Waals surface area (Å²) >= 11 is 1.95. The monoisotopic (exact) mass is 207 g/mol. The molecule has 0 radical (unpaired) electrons. The van der Waals surface area contributed by atoms with E-state index in [1.165, 1.54) is 31.2 Å². The summed E-state index contributed by atoms with van der Waals surface area (Å²) in [5.41, 5.74) is 9.39. The van der Waals surface area contributed by atoms with Gasteiger partial charge in [-0.15, -0.1) is 11.3 Å². The van der Waals surface area contributed by atoms with Crippen molar-refractivity contribution < 1.29 is 0 Å². The lowest BCUT2D eigenvalue weighted by atomic mass is 9.84. The Balaban J connectivity index is 2.02. The fourth-order valence-corrected chi connectivity index (χ4v) is 4.03. The first-order valence-corrected chi connectivity index (χ1v) is 6.49. The van der Waals surface area contributed by atoms with Gasteiger partial charge in [-0.05, 0) is 54.0 Å². The highest BCUT2D eigenvalue weighted by Crippen LogP contribution is 2.48. The minimum atomic E-state index is 0.329. The molecule has 2 aliphatic rings. The van der Waals surface area contributed by atoms with E-state index >= 15 is 0 Å². The van der Waals surface area contributed by atoms with Crippen LogP contribution in [0.4, 0.5) is 0 Å². The van der Waals surface area contributed by atoms with Crippen LogP contribution in [0.15, 0.2) is 5.38 Å². The third kappa shape index (κ3) is 1.32. The normalized spacial score (nSPS) is 31.6. The Morgan fingerprint density at radius 1 is 1.43 bits per heavy atom. The summed E-state index contributed by atoms with van der Waals surface area (Å²) in [4.78, 5) is 1.58. The molecule has 0 saturated heterocycles. The maximum atomic E-state index is 6.25. The van der Waals surface area contributed by atoms with Gasteiger partial charge in [0, 0.05) is 10.9 Å². The smallest absolute Gasteiger partial charge is 0.0311 e. The highest BCUT2D eigenvalue weighted by Gasteiger charge is 2.33. The lowest BCUT2D eigenvalue weighted by Crippen LogP contribution is -2.22. The van der Waals surface area contributed by atoms with Crippen LogP contribution in [0.25, 0.3) is 0 Å². The molecule has 0 aliphatic heterocycles. The summed E-state index contributed by atoms with van der Waals surface area (Å²) in [5, 5.41) is 2.38. The Labute approximate surface area is 89.3 Å². The van der Waals surface area contributed by atoms with Crippen molar-refractivity contribution in [3.05, 3.63) is 21.4 Å². The van der Waals surface area contributed by atoms with Crippen molar-refractivity contribution >= 4 is 11.3 Å². The topological polar surface area (TPSA) is 26.0 Å². The molecule has 76 valence electrons. The Morgan fingerprint density at radius 3 is 2.93 bits per heavy atom. The molecule has 0 aromatic carbocycles. The van der Waals surface area contributed by atoms with Gasteiger partial charge >= 0.3 is 0 Å². The second-order valence-corrected chi connectivity index (χ2v) is 5.92. The lowest BCUT2D eigenvalue weighted by molar-refractivity contribution is 0.442. The molecule has 2 unspecified atom stereocenters. The van der Waals surface area contributed by atoms with Crippen LogP contribution in [0.2, 0.25) is 0 Å². The molecule has 0 amide bonds. The quantitative estimate of drug-likeness (QED) is 0.752. The number of hydrogen-bond acceptors (Lipinski definition) is 2. The number of rotatable bonds is 1. The number of thiophene rings is 1. The minimum Gasteiger partial charge on any atom is -0.324 e. The molecule has 1 heterocycles. The maximum Gasteiger partial charge on any atom is 0.0311 e. The van der Waals surface area contributed by atoms with Gasteiger partial charge in [0.05, 0.1) is 0 Å². The van der Waals surface area contributed by atoms with Gasteiger partial charge in [-0.2, -0.15) is 0 Å². The predicted molar refractivity (Wildman–Crippen MR) is 60.7 cm³/mol. The molecule has 2 aliphatic carbocycles. The largest absolute Gasteiger partial charge is 0.324 e. The van der Waals surface area contributed by atoms with Crippen molar-refractivity contribution in [2.24, 2.45) is 11.7 Å². The Morgan fingerprint density at radius 2 is 2.21 bits per heavy atom. The summed E-state index contributed by atoms with van der Waals surface area (Å²) in [7, 11) is 0. The molecule has 1 saturated carbocycles. The first-order valence-electron chi connectivity index (χ1n) is 5.61. The second kappa shape index (κ2) is 3.07. The van der Waals surface area contributed by atoms with Gasteiger partial charge in [-0.25, -0.2) is 0 Å². The van der Waals surface area contributed by atoms with Crippen molar-refractivity contribution in [3.8, 4) is 0 Å². The lowest BCUT2D eigenvalue weighted by Gasteiger charge is -2.25. The van der Waals surface area contributed by atoms with E-state index in [9.17, 15) is 0 Å². The molecule has 2 heteroatoms. The van der Waals surface area contributed by atoms with Gasteiger partial charge in [0.15, 0.2) is 0 Å². The van der Waals surface area contributed by atoms with Crippen LogP contribution >= 0.6 is 11.3 Å². The SMILES string of the molecule is CC1Cc2scc(C3CC3)c2C(N)C1. The van der Waals surface area contributed by atoms with Crippen molar-refractivity contribution in [3.63, 3.8) is 0 Å². The molecule has 1 fully saturated rings. The van der Waals surface area contributed by atoms with Crippen molar-refractivity contribution in [2.75, 3.05) is 0 Å². The number of hydrogen-bond donors (Lipinski definition) is 1. The highest BCUT2D eigenvalue weighted by atomic mass is 32.1. The average molecular weight is 207 g/mol. The van der Waals surface area contributed by atoms with Gasteiger partial charge in [-0.1, -0.05) is 6.92 Å². The van der Waals surface area contributed by atoms with Crippen molar-refractivity contribution in [1.82, 2.24) is 0 Å². The first-order chi connectivity index (χ1) is 6.75. The van der Waals surface area contributed by atoms with E-state index in [0.29, 0.717) is 6.04 Å². The average Bonchev–Trinajstić information content (AvgIpc) is 2.87. The van der Waals surface area contributed by atoms with Gasteiger partial charge in [-0.3, -0.25) is 0 Å². The van der Waals surface area contributed by atoms with E-state index in [1.54, 1.807) is 10.4 Å². The Hall–Kier alpha value is -0.340. The van der Waals surface area contributed by atoms with Crippen LogP contribution in [-0.4, -0.2) is 0 Å². The number of fused-ring (bicyclic) bond motifs is 1. The molecule has 1 aromatic heterocycles. The zero-order chi connectivity index (χ0) is 9.71. The van der Waals surface area contributed by atoms with E-state index in [1.807, 2.05) is 11.3 Å². The van der Waals surface area contributed by atoms with Crippen LogP contribution in [0.1, 0.15) is 54.1 Å². The fourth-order valence-electron chi connectivity index (χ4n) is 2.66. The third-order valence-corrected chi connectivity index (χ3v) is 4.56. The Bertz CT molecular complexity index is 351. The van der Waals surface area contributed by atoms with Gasteiger partial charge < -0.3 is 5.73 Å². The maximum absolute atomic E-state index is 6.25. The van der Waals surface area contributed by atoms with Gasteiger partial charge in [0.2, 0.25) is 0 Å². The van der Waals surface area contributed by atoms with E-state index < -0.39 is 0 Å². The summed E-state index contributed by atoms with van der Waals surface area (Å²) in [6, 6.07) is 0.329. The predicted octanol–water partition coefficient (Wildman–Crippen LogP) is 3.21. The zero-order valence-electron chi connectivity index (χ0n) is 8.62.